The quantitative estimate of drug-likeness (QED) is 0.681. The molecule has 0 aromatic rings. The van der Waals surface area contributed by atoms with Crippen LogP contribution in [0, 0.1) is 5.92 Å². The molecule has 2 saturated heterocycles. The van der Waals surface area contributed by atoms with Crippen molar-refractivity contribution in [3.63, 3.8) is 0 Å². The fourth-order valence-corrected chi connectivity index (χ4v) is 2.84. The Morgan fingerprint density at radius 3 is 2.89 bits per heavy atom. The van der Waals surface area contributed by atoms with Crippen LogP contribution in [-0.2, 0) is 4.79 Å². The fourth-order valence-electron chi connectivity index (χ4n) is 2.84. The summed E-state index contributed by atoms with van der Waals surface area (Å²) >= 11 is 0. The van der Waals surface area contributed by atoms with E-state index in [1.807, 2.05) is 0 Å². The summed E-state index contributed by atoms with van der Waals surface area (Å²) in [4.78, 5) is 24.8. The van der Waals surface area contributed by atoms with Gasteiger partial charge >= 0.3 is 6.03 Å². The molecule has 110 valence electrons. The van der Waals surface area contributed by atoms with Crippen molar-refractivity contribution >= 4 is 24.3 Å². The molecule has 7 heteroatoms. The van der Waals surface area contributed by atoms with Crippen LogP contribution in [0.2, 0.25) is 0 Å². The molecule has 6 nitrogen and oxygen atoms in total. The highest BCUT2D eigenvalue weighted by Crippen LogP contribution is 2.24. The first-order valence-corrected chi connectivity index (χ1v) is 6.66. The number of urea groups is 1. The molecule has 2 atom stereocenters. The molecule has 0 aromatic heterocycles. The molecule has 2 aliphatic heterocycles. The zero-order valence-corrected chi connectivity index (χ0v) is 12.1. The number of likely N-dealkylation sites (tertiary alicyclic amines) is 1. The molecule has 2 aliphatic rings. The number of nitrogens with one attached hydrogen (secondary N) is 3. The molecule has 3 N–H and O–H groups in total. The summed E-state index contributed by atoms with van der Waals surface area (Å²) in [5.41, 5.74) is 0. The Balaban J connectivity index is 0.00000180. The minimum Gasteiger partial charge on any atom is -0.341 e. The van der Waals surface area contributed by atoms with Crippen LogP contribution in [0.1, 0.15) is 19.3 Å². The van der Waals surface area contributed by atoms with Gasteiger partial charge in [0.15, 0.2) is 0 Å². The van der Waals surface area contributed by atoms with Gasteiger partial charge in [-0.05, 0) is 31.8 Å². The van der Waals surface area contributed by atoms with E-state index >= 15 is 0 Å². The Morgan fingerprint density at radius 2 is 2.16 bits per heavy atom. The molecule has 0 aliphatic carbocycles. The second-order valence-corrected chi connectivity index (χ2v) is 5.08. The van der Waals surface area contributed by atoms with Crippen LogP contribution in [0.3, 0.4) is 0 Å². The zero-order valence-electron chi connectivity index (χ0n) is 11.3. The largest absolute Gasteiger partial charge is 0.341 e. The first-order chi connectivity index (χ1) is 8.69. The molecule has 0 bridgehead atoms. The number of carbonyl (C=O) groups is 2. The van der Waals surface area contributed by atoms with Gasteiger partial charge in [-0.1, -0.05) is 0 Å². The van der Waals surface area contributed by atoms with Crippen molar-refractivity contribution in [2.75, 3.05) is 33.2 Å². The number of amides is 3. The van der Waals surface area contributed by atoms with Gasteiger partial charge in [-0.15, -0.1) is 12.4 Å². The summed E-state index contributed by atoms with van der Waals surface area (Å²) < 4.78 is 0. The topological polar surface area (TPSA) is 73.5 Å². The highest BCUT2D eigenvalue weighted by Gasteiger charge is 2.32. The lowest BCUT2D eigenvalue weighted by molar-refractivity contribution is -0.120. The van der Waals surface area contributed by atoms with E-state index < -0.39 is 6.03 Å². The molecule has 0 radical (unpaired) electrons. The zero-order chi connectivity index (χ0) is 13.0. The third-order valence-corrected chi connectivity index (χ3v) is 3.87. The van der Waals surface area contributed by atoms with Crippen molar-refractivity contribution in [2.45, 2.75) is 25.3 Å². The number of carbonyl (C=O) groups excluding carboxylic acids is 2. The van der Waals surface area contributed by atoms with E-state index in [2.05, 4.69) is 20.9 Å². The van der Waals surface area contributed by atoms with Crippen LogP contribution in [0.4, 0.5) is 4.79 Å². The number of hydrogen-bond acceptors (Lipinski definition) is 4. The monoisotopic (exact) mass is 290 g/mol. The number of piperidine rings is 1. The van der Waals surface area contributed by atoms with Crippen LogP contribution >= 0.6 is 12.4 Å². The Kier molecular flexibility index (Phi) is 6.54. The maximum absolute atomic E-state index is 11.5. The summed E-state index contributed by atoms with van der Waals surface area (Å²) in [6, 6.07) is 0.250. The maximum Gasteiger partial charge on any atom is 0.321 e. The minimum atomic E-state index is -0.432. The summed E-state index contributed by atoms with van der Waals surface area (Å²) in [5, 5.41) is 8.18. The standard InChI is InChI=1S/C12H22N4O2.ClH/c1-13-12(18)15-11(17)4-7-16-6-3-10-9(8-16)2-5-14-10;/h9-10,14H,2-8H2,1H3,(H2,13,15,17,18);1H. The minimum absolute atomic E-state index is 0. The van der Waals surface area contributed by atoms with Crippen LogP contribution in [0.25, 0.3) is 0 Å². The van der Waals surface area contributed by atoms with Crippen molar-refractivity contribution in [1.82, 2.24) is 20.9 Å². The number of fused-ring (bicyclic) bond motifs is 1. The van der Waals surface area contributed by atoms with Gasteiger partial charge in [0.2, 0.25) is 5.91 Å². The molecule has 2 unspecified atom stereocenters. The van der Waals surface area contributed by atoms with Crippen LogP contribution in [0.15, 0.2) is 0 Å². The van der Waals surface area contributed by atoms with E-state index in [4.69, 9.17) is 0 Å². The molecule has 0 aromatic carbocycles. The van der Waals surface area contributed by atoms with E-state index in [-0.39, 0.29) is 18.3 Å². The fraction of sp³-hybridized carbons (Fsp3) is 0.833. The van der Waals surface area contributed by atoms with Gasteiger partial charge < -0.3 is 15.5 Å². The molecule has 19 heavy (non-hydrogen) atoms. The molecule has 2 fully saturated rings. The van der Waals surface area contributed by atoms with Crippen molar-refractivity contribution in [3.8, 4) is 0 Å². The number of rotatable bonds is 3. The molecule has 2 heterocycles. The Morgan fingerprint density at radius 1 is 1.37 bits per heavy atom. The summed E-state index contributed by atoms with van der Waals surface area (Å²) in [5.74, 6) is 0.529. The molecular formula is C12H23ClN4O2. The van der Waals surface area contributed by atoms with Gasteiger partial charge in [-0.2, -0.15) is 0 Å². The van der Waals surface area contributed by atoms with Gasteiger partial charge in [0.1, 0.15) is 0 Å². The van der Waals surface area contributed by atoms with Crippen molar-refractivity contribution in [3.05, 3.63) is 0 Å². The smallest absolute Gasteiger partial charge is 0.321 e. The lowest BCUT2D eigenvalue weighted by atomic mass is 9.93. The van der Waals surface area contributed by atoms with E-state index in [1.165, 1.54) is 19.9 Å². The van der Waals surface area contributed by atoms with Crippen molar-refractivity contribution in [2.24, 2.45) is 5.92 Å². The number of nitrogens with zero attached hydrogens (tertiary/aromatic N) is 1. The highest BCUT2D eigenvalue weighted by atomic mass is 35.5. The number of halogens is 1. The van der Waals surface area contributed by atoms with Gasteiger partial charge in [-0.3, -0.25) is 10.1 Å². The van der Waals surface area contributed by atoms with E-state index in [9.17, 15) is 9.59 Å². The van der Waals surface area contributed by atoms with Gasteiger partial charge in [0.05, 0.1) is 0 Å². The van der Waals surface area contributed by atoms with E-state index in [0.29, 0.717) is 12.5 Å². The maximum atomic E-state index is 11.5. The van der Waals surface area contributed by atoms with Crippen LogP contribution in [-0.4, -0.2) is 56.1 Å². The van der Waals surface area contributed by atoms with Crippen LogP contribution < -0.4 is 16.0 Å². The van der Waals surface area contributed by atoms with Gasteiger partial charge in [0, 0.05) is 32.6 Å². The lowest BCUT2D eigenvalue weighted by Crippen LogP contribution is -2.46. The molecule has 0 spiro atoms. The van der Waals surface area contributed by atoms with E-state index in [1.54, 1.807) is 0 Å². The predicted molar refractivity (Wildman–Crippen MR) is 75.4 cm³/mol. The van der Waals surface area contributed by atoms with E-state index in [0.717, 1.165) is 32.1 Å². The molecule has 2 rings (SSSR count). The average molecular weight is 291 g/mol. The van der Waals surface area contributed by atoms with Gasteiger partial charge in [-0.25, -0.2) is 4.79 Å². The summed E-state index contributed by atoms with van der Waals surface area (Å²) in [7, 11) is 1.50. The van der Waals surface area contributed by atoms with Gasteiger partial charge in [0.25, 0.3) is 0 Å². The third kappa shape index (κ3) is 4.63. The van der Waals surface area contributed by atoms with Crippen molar-refractivity contribution in [1.29, 1.82) is 0 Å². The molecular weight excluding hydrogens is 268 g/mol. The Bertz CT molecular complexity index is 327. The predicted octanol–water partition coefficient (Wildman–Crippen LogP) is -0.0623. The SMILES string of the molecule is CNC(=O)NC(=O)CCN1CCC2NCCC2C1.Cl. The summed E-state index contributed by atoms with van der Waals surface area (Å²) in [6.07, 6.45) is 2.80. The normalized spacial score (nSPS) is 26.2. The average Bonchev–Trinajstić information content (AvgIpc) is 2.83. The Labute approximate surface area is 120 Å². The second-order valence-electron chi connectivity index (χ2n) is 5.08. The first kappa shape index (κ1) is 16.2. The second kappa shape index (κ2) is 7.67. The van der Waals surface area contributed by atoms with Crippen molar-refractivity contribution < 1.29 is 9.59 Å². The number of imide groups is 1. The lowest BCUT2D eigenvalue weighted by Gasteiger charge is -2.34. The van der Waals surface area contributed by atoms with Crippen LogP contribution in [0.5, 0.6) is 0 Å². The molecule has 0 saturated carbocycles. The summed E-state index contributed by atoms with van der Waals surface area (Å²) in [6.45, 7) is 3.98. The Hall–Kier alpha value is -0.850. The number of hydrogen-bond donors (Lipinski definition) is 3. The molecule has 3 amide bonds. The third-order valence-electron chi connectivity index (χ3n) is 3.87. The first-order valence-electron chi connectivity index (χ1n) is 6.66. The highest BCUT2D eigenvalue weighted by molar-refractivity contribution is 5.94.